The smallest absolute Gasteiger partial charge is 0.251 e. The van der Waals surface area contributed by atoms with Crippen LogP contribution in [0.25, 0.3) is 11.0 Å². The molecule has 0 radical (unpaired) electrons. The highest BCUT2D eigenvalue weighted by atomic mass is 32.2. The van der Waals surface area contributed by atoms with Gasteiger partial charge in [-0.15, -0.1) is 0 Å². The first-order valence-corrected chi connectivity index (χ1v) is 8.21. The number of nitrogens with one attached hydrogen (secondary N) is 1. The minimum Gasteiger partial charge on any atom is -0.618 e. The van der Waals surface area contributed by atoms with Crippen LogP contribution in [0.15, 0.2) is 64.2 Å². The molecule has 23 heavy (non-hydrogen) atoms. The Morgan fingerprint density at radius 2 is 2.09 bits per heavy atom. The molecule has 0 aliphatic heterocycles. The fourth-order valence-electron chi connectivity index (χ4n) is 2.23. The maximum absolute atomic E-state index is 12.0. The quantitative estimate of drug-likeness (QED) is 0.444. The summed E-state index contributed by atoms with van der Waals surface area (Å²) in [6, 6.07) is 14.5. The molecular weight excluding hydrogens is 312 g/mol. The first-order chi connectivity index (χ1) is 11.1. The van der Waals surface area contributed by atoms with Crippen molar-refractivity contribution in [3.63, 3.8) is 0 Å². The van der Waals surface area contributed by atoms with Crippen molar-refractivity contribution in [1.82, 2.24) is 5.32 Å². The lowest BCUT2D eigenvalue weighted by Crippen LogP contribution is -2.31. The lowest BCUT2D eigenvalue weighted by molar-refractivity contribution is -0.645. The number of pyridine rings is 1. The summed E-state index contributed by atoms with van der Waals surface area (Å²) >= 11 is 1.21. The average molecular weight is 328 g/mol. The third kappa shape index (κ3) is 3.65. The van der Waals surface area contributed by atoms with E-state index in [1.165, 1.54) is 18.0 Å². The average Bonchev–Trinajstić information content (AvgIpc) is 2.98. The number of amides is 1. The van der Waals surface area contributed by atoms with Crippen LogP contribution in [0.4, 0.5) is 0 Å². The van der Waals surface area contributed by atoms with Crippen LogP contribution in [0.3, 0.4) is 0 Å². The van der Waals surface area contributed by atoms with Crippen molar-refractivity contribution in [2.45, 2.75) is 18.0 Å². The van der Waals surface area contributed by atoms with Crippen molar-refractivity contribution < 1.29 is 13.9 Å². The molecule has 3 aromatic rings. The summed E-state index contributed by atoms with van der Waals surface area (Å²) in [7, 11) is 0. The molecule has 2 heterocycles. The van der Waals surface area contributed by atoms with Crippen LogP contribution < -0.4 is 10.0 Å². The van der Waals surface area contributed by atoms with Gasteiger partial charge in [0.25, 0.3) is 5.03 Å². The molecule has 3 rings (SSSR count). The molecule has 0 bridgehead atoms. The Morgan fingerprint density at radius 3 is 2.87 bits per heavy atom. The Morgan fingerprint density at radius 1 is 1.30 bits per heavy atom. The Kier molecular flexibility index (Phi) is 4.52. The molecule has 1 atom stereocenters. The summed E-state index contributed by atoms with van der Waals surface area (Å²) in [5.74, 6) is 0.742. The number of nitrogens with zero attached hydrogens (tertiary/aromatic N) is 1. The van der Waals surface area contributed by atoms with E-state index >= 15 is 0 Å². The fraction of sp³-hybridized carbons (Fsp3) is 0.176. The Labute approximate surface area is 137 Å². The van der Waals surface area contributed by atoms with Gasteiger partial charge in [-0.2, -0.15) is 4.73 Å². The van der Waals surface area contributed by atoms with E-state index < -0.39 is 0 Å². The highest BCUT2D eigenvalue weighted by Crippen LogP contribution is 2.23. The monoisotopic (exact) mass is 328 g/mol. The summed E-state index contributed by atoms with van der Waals surface area (Å²) in [5.41, 5.74) is 0.801. The normalized spacial score (nSPS) is 12.2. The maximum atomic E-state index is 12.0. The lowest BCUT2D eigenvalue weighted by atomic mass is 10.2. The zero-order valence-electron chi connectivity index (χ0n) is 12.6. The van der Waals surface area contributed by atoms with Gasteiger partial charge in [-0.05, 0) is 36.9 Å². The maximum Gasteiger partial charge on any atom is 0.251 e. The second-order valence-electron chi connectivity index (χ2n) is 5.13. The van der Waals surface area contributed by atoms with Gasteiger partial charge >= 0.3 is 0 Å². The third-order valence-electron chi connectivity index (χ3n) is 3.39. The second-order valence-corrected chi connectivity index (χ2v) is 6.12. The number of rotatable bonds is 5. The van der Waals surface area contributed by atoms with E-state index in [-0.39, 0.29) is 17.7 Å². The number of carbonyl (C=O) groups excluding carboxylic acids is 1. The summed E-state index contributed by atoms with van der Waals surface area (Å²) in [6.45, 7) is 1.87. The summed E-state index contributed by atoms with van der Waals surface area (Å²) < 4.78 is 6.49. The van der Waals surface area contributed by atoms with Gasteiger partial charge in [0.15, 0.2) is 6.20 Å². The van der Waals surface area contributed by atoms with Gasteiger partial charge in [-0.1, -0.05) is 18.2 Å². The first-order valence-electron chi connectivity index (χ1n) is 7.22. The molecule has 1 unspecified atom stereocenters. The SMILES string of the molecule is CC(NC(=O)CSc1cccc[n+]1[O-])c1cc2ccccc2o1. The van der Waals surface area contributed by atoms with E-state index in [0.29, 0.717) is 10.8 Å². The van der Waals surface area contributed by atoms with Crippen LogP contribution in [-0.4, -0.2) is 11.7 Å². The molecule has 0 spiro atoms. The number of aromatic nitrogens is 1. The first kappa shape index (κ1) is 15.4. The number of benzene rings is 1. The summed E-state index contributed by atoms with van der Waals surface area (Å²) in [4.78, 5) is 12.0. The molecule has 5 nitrogen and oxygen atoms in total. The molecule has 1 amide bonds. The predicted octanol–water partition coefficient (Wildman–Crippen LogP) is 3.04. The number of hydrogen-bond acceptors (Lipinski definition) is 4. The van der Waals surface area contributed by atoms with Crippen molar-refractivity contribution in [3.05, 3.63) is 65.7 Å². The second kappa shape index (κ2) is 6.75. The van der Waals surface area contributed by atoms with Gasteiger partial charge in [0.05, 0.1) is 11.8 Å². The fourth-order valence-corrected chi connectivity index (χ4v) is 2.96. The van der Waals surface area contributed by atoms with Crippen LogP contribution in [0.5, 0.6) is 0 Å². The van der Waals surface area contributed by atoms with Gasteiger partial charge in [0, 0.05) is 17.5 Å². The van der Waals surface area contributed by atoms with E-state index in [2.05, 4.69) is 5.32 Å². The molecule has 0 aliphatic rings. The van der Waals surface area contributed by atoms with E-state index in [4.69, 9.17) is 4.42 Å². The lowest BCUT2D eigenvalue weighted by Gasteiger charge is -2.11. The number of fused-ring (bicyclic) bond motifs is 1. The van der Waals surface area contributed by atoms with Gasteiger partial charge < -0.3 is 14.9 Å². The van der Waals surface area contributed by atoms with E-state index in [9.17, 15) is 10.0 Å². The molecule has 6 heteroatoms. The number of thioether (sulfide) groups is 1. The van der Waals surface area contributed by atoms with E-state index in [1.807, 2.05) is 37.3 Å². The van der Waals surface area contributed by atoms with Gasteiger partial charge in [0.2, 0.25) is 5.91 Å². The van der Waals surface area contributed by atoms with Crippen LogP contribution in [0.2, 0.25) is 0 Å². The number of hydrogen-bond donors (Lipinski definition) is 1. The van der Waals surface area contributed by atoms with Crippen LogP contribution in [0, 0.1) is 5.21 Å². The zero-order chi connectivity index (χ0) is 16.2. The summed E-state index contributed by atoms with van der Waals surface area (Å²) in [6.07, 6.45) is 1.41. The van der Waals surface area contributed by atoms with Crippen LogP contribution in [-0.2, 0) is 4.79 Å². The highest BCUT2D eigenvalue weighted by molar-refractivity contribution is 7.99. The van der Waals surface area contributed by atoms with Gasteiger partial charge in [0.1, 0.15) is 11.3 Å². The topological polar surface area (TPSA) is 69.2 Å². The molecule has 0 fully saturated rings. The Balaban J connectivity index is 1.60. The van der Waals surface area contributed by atoms with Gasteiger partial charge in [-0.25, -0.2) is 0 Å². The minimum absolute atomic E-state index is 0.146. The predicted molar refractivity (Wildman–Crippen MR) is 88.9 cm³/mol. The minimum atomic E-state index is -0.231. The highest BCUT2D eigenvalue weighted by Gasteiger charge is 2.15. The molecule has 0 aliphatic carbocycles. The molecule has 118 valence electrons. The van der Waals surface area contributed by atoms with E-state index in [1.54, 1.807) is 18.2 Å². The van der Waals surface area contributed by atoms with Crippen molar-refractivity contribution in [1.29, 1.82) is 0 Å². The van der Waals surface area contributed by atoms with Crippen molar-refractivity contribution in [2.24, 2.45) is 0 Å². The molecule has 2 aromatic heterocycles. The number of carbonyl (C=O) groups is 1. The largest absolute Gasteiger partial charge is 0.618 e. The molecule has 0 saturated heterocycles. The molecule has 1 aromatic carbocycles. The number of para-hydroxylation sites is 1. The molecule has 1 N–H and O–H groups in total. The third-order valence-corrected chi connectivity index (χ3v) is 4.41. The number of furan rings is 1. The van der Waals surface area contributed by atoms with E-state index in [0.717, 1.165) is 15.7 Å². The van der Waals surface area contributed by atoms with Crippen LogP contribution in [0.1, 0.15) is 18.7 Å². The standard InChI is InChI=1S/C17H16N2O3S/c1-12(15-10-13-6-2-3-7-14(13)22-15)18-16(20)11-23-17-8-4-5-9-19(17)21/h2-10,12H,11H2,1H3,(H,18,20). The van der Waals surface area contributed by atoms with Crippen LogP contribution >= 0.6 is 11.8 Å². The van der Waals surface area contributed by atoms with Gasteiger partial charge in [-0.3, -0.25) is 4.79 Å². The molecular formula is C17H16N2O3S. The molecule has 0 saturated carbocycles. The van der Waals surface area contributed by atoms with Crippen molar-refractivity contribution >= 4 is 28.6 Å². The zero-order valence-corrected chi connectivity index (χ0v) is 13.4. The Hall–Kier alpha value is -2.47. The van der Waals surface area contributed by atoms with Crippen molar-refractivity contribution in [2.75, 3.05) is 5.75 Å². The Bertz CT molecular complexity index is 798. The summed E-state index contributed by atoms with van der Waals surface area (Å²) in [5, 5.41) is 15.9. The van der Waals surface area contributed by atoms with Crippen molar-refractivity contribution in [3.8, 4) is 0 Å².